The molecule has 0 saturated carbocycles. The van der Waals surface area contributed by atoms with Gasteiger partial charge in [0, 0.05) is 41.6 Å². The number of aromatic nitrogens is 1. The van der Waals surface area contributed by atoms with Crippen molar-refractivity contribution in [2.45, 2.75) is 46.6 Å². The van der Waals surface area contributed by atoms with Crippen molar-refractivity contribution in [3.8, 4) is 5.75 Å². The molecule has 1 aromatic heterocycles. The minimum Gasteiger partial charge on any atom is -0.496 e. The Morgan fingerprint density at radius 1 is 1.48 bits per heavy atom. The monoisotopic (exact) mass is 292 g/mol. The first-order valence-corrected chi connectivity index (χ1v) is 7.85. The predicted octanol–water partition coefficient (Wildman–Crippen LogP) is 2.65. The summed E-state index contributed by atoms with van der Waals surface area (Å²) in [6.45, 7) is 11.3. The van der Waals surface area contributed by atoms with Crippen LogP contribution in [0.15, 0.2) is 6.20 Å². The molecule has 0 aliphatic carbocycles. The Balaban J connectivity index is 2.29. The van der Waals surface area contributed by atoms with Crippen molar-refractivity contribution in [1.82, 2.24) is 10.3 Å². The standard InChI is InChI=1S/C17H28N2O2/c1-6-18-11-17(7-8-21-14(17)4)9-15-13(3)16(20-5)12(2)10-19-15/h10,14,18H,6-9,11H2,1-5H3. The second-order valence-corrected chi connectivity index (χ2v) is 6.13. The molecule has 1 fully saturated rings. The van der Waals surface area contributed by atoms with Crippen molar-refractivity contribution in [3.05, 3.63) is 23.0 Å². The molecule has 1 saturated heterocycles. The molecule has 1 N–H and O–H groups in total. The lowest BCUT2D eigenvalue weighted by molar-refractivity contribution is 0.0627. The average molecular weight is 292 g/mol. The number of hydrogen-bond acceptors (Lipinski definition) is 4. The van der Waals surface area contributed by atoms with E-state index in [4.69, 9.17) is 9.47 Å². The maximum absolute atomic E-state index is 5.86. The SMILES string of the molecule is CCNCC1(Cc2ncc(C)c(OC)c2C)CCOC1C. The summed E-state index contributed by atoms with van der Waals surface area (Å²) in [6.07, 6.45) is 4.19. The van der Waals surface area contributed by atoms with E-state index in [1.807, 2.05) is 13.1 Å². The maximum atomic E-state index is 5.86. The van der Waals surface area contributed by atoms with E-state index in [1.165, 1.54) is 0 Å². The molecule has 4 heteroatoms. The Labute approximate surface area is 128 Å². The van der Waals surface area contributed by atoms with E-state index in [2.05, 4.69) is 31.1 Å². The molecule has 1 aliphatic heterocycles. The van der Waals surface area contributed by atoms with Gasteiger partial charge in [0.25, 0.3) is 0 Å². The first-order chi connectivity index (χ1) is 10.0. The number of aryl methyl sites for hydroxylation is 1. The van der Waals surface area contributed by atoms with Gasteiger partial charge in [-0.1, -0.05) is 6.92 Å². The maximum Gasteiger partial charge on any atom is 0.128 e. The highest BCUT2D eigenvalue weighted by Crippen LogP contribution is 2.39. The van der Waals surface area contributed by atoms with Crippen LogP contribution in [0.4, 0.5) is 0 Å². The van der Waals surface area contributed by atoms with Crippen LogP contribution in [0.25, 0.3) is 0 Å². The zero-order chi connectivity index (χ0) is 15.5. The third kappa shape index (κ3) is 3.22. The lowest BCUT2D eigenvalue weighted by atomic mass is 9.76. The van der Waals surface area contributed by atoms with Gasteiger partial charge in [-0.3, -0.25) is 4.98 Å². The van der Waals surface area contributed by atoms with Crippen LogP contribution in [0.3, 0.4) is 0 Å². The Morgan fingerprint density at radius 2 is 2.24 bits per heavy atom. The number of pyridine rings is 1. The topological polar surface area (TPSA) is 43.4 Å². The molecule has 21 heavy (non-hydrogen) atoms. The van der Waals surface area contributed by atoms with Crippen molar-refractivity contribution < 1.29 is 9.47 Å². The van der Waals surface area contributed by atoms with Crippen LogP contribution in [0, 0.1) is 19.3 Å². The molecule has 1 aliphatic rings. The molecule has 0 amide bonds. The van der Waals surface area contributed by atoms with Crippen molar-refractivity contribution in [1.29, 1.82) is 0 Å². The Morgan fingerprint density at radius 3 is 2.81 bits per heavy atom. The highest BCUT2D eigenvalue weighted by molar-refractivity contribution is 5.41. The van der Waals surface area contributed by atoms with E-state index >= 15 is 0 Å². The quantitative estimate of drug-likeness (QED) is 0.875. The van der Waals surface area contributed by atoms with E-state index < -0.39 is 0 Å². The van der Waals surface area contributed by atoms with Crippen LogP contribution in [0.5, 0.6) is 5.75 Å². The largest absolute Gasteiger partial charge is 0.496 e. The smallest absolute Gasteiger partial charge is 0.128 e. The van der Waals surface area contributed by atoms with Crippen molar-refractivity contribution in [3.63, 3.8) is 0 Å². The van der Waals surface area contributed by atoms with Gasteiger partial charge in [0.15, 0.2) is 0 Å². The van der Waals surface area contributed by atoms with E-state index in [0.717, 1.165) is 55.1 Å². The minimum atomic E-state index is 0.133. The van der Waals surface area contributed by atoms with Gasteiger partial charge in [-0.05, 0) is 40.2 Å². The summed E-state index contributed by atoms with van der Waals surface area (Å²) < 4.78 is 11.4. The molecule has 0 radical (unpaired) electrons. The molecule has 0 spiro atoms. The second kappa shape index (κ2) is 6.75. The molecule has 4 nitrogen and oxygen atoms in total. The molecular weight excluding hydrogens is 264 g/mol. The van der Waals surface area contributed by atoms with Crippen molar-refractivity contribution >= 4 is 0 Å². The Kier molecular flexibility index (Phi) is 5.22. The lowest BCUT2D eigenvalue weighted by Crippen LogP contribution is -2.41. The van der Waals surface area contributed by atoms with Crippen LogP contribution in [0.2, 0.25) is 0 Å². The molecule has 2 rings (SSSR count). The highest BCUT2D eigenvalue weighted by atomic mass is 16.5. The molecule has 2 unspecified atom stereocenters. The van der Waals surface area contributed by atoms with Crippen molar-refractivity contribution in [2.24, 2.45) is 5.41 Å². The summed E-state index contributed by atoms with van der Waals surface area (Å²) >= 11 is 0. The van der Waals surface area contributed by atoms with Gasteiger partial charge in [0.05, 0.1) is 13.2 Å². The number of nitrogens with one attached hydrogen (secondary N) is 1. The van der Waals surface area contributed by atoms with E-state index in [0.29, 0.717) is 0 Å². The van der Waals surface area contributed by atoms with Crippen LogP contribution < -0.4 is 10.1 Å². The van der Waals surface area contributed by atoms with E-state index in [1.54, 1.807) is 7.11 Å². The van der Waals surface area contributed by atoms with E-state index in [-0.39, 0.29) is 11.5 Å². The number of hydrogen-bond donors (Lipinski definition) is 1. The zero-order valence-electron chi connectivity index (χ0n) is 14.0. The van der Waals surface area contributed by atoms with Crippen LogP contribution in [-0.2, 0) is 11.2 Å². The van der Waals surface area contributed by atoms with Gasteiger partial charge in [0.1, 0.15) is 5.75 Å². The number of ether oxygens (including phenoxy) is 2. The van der Waals surface area contributed by atoms with Gasteiger partial charge in [-0.2, -0.15) is 0 Å². The summed E-state index contributed by atoms with van der Waals surface area (Å²) in [5.41, 5.74) is 3.52. The van der Waals surface area contributed by atoms with Gasteiger partial charge >= 0.3 is 0 Å². The summed E-state index contributed by atoms with van der Waals surface area (Å²) in [5, 5.41) is 3.50. The van der Waals surface area contributed by atoms with Gasteiger partial charge < -0.3 is 14.8 Å². The van der Waals surface area contributed by atoms with E-state index in [9.17, 15) is 0 Å². The zero-order valence-corrected chi connectivity index (χ0v) is 14.0. The molecule has 0 bridgehead atoms. The molecule has 2 atom stereocenters. The third-order valence-electron chi connectivity index (χ3n) is 4.83. The third-order valence-corrected chi connectivity index (χ3v) is 4.83. The Bertz CT molecular complexity index is 490. The first kappa shape index (κ1) is 16.2. The number of nitrogens with zero attached hydrogens (tertiary/aromatic N) is 1. The molecule has 1 aromatic rings. The molecule has 118 valence electrons. The fourth-order valence-electron chi connectivity index (χ4n) is 3.30. The van der Waals surface area contributed by atoms with Crippen molar-refractivity contribution in [2.75, 3.05) is 26.8 Å². The normalized spacial score (nSPS) is 25.3. The molecule has 2 heterocycles. The number of rotatable bonds is 6. The molecular formula is C17H28N2O2. The fraction of sp³-hybridized carbons (Fsp3) is 0.706. The van der Waals surface area contributed by atoms with Crippen LogP contribution in [0.1, 0.15) is 37.1 Å². The fourth-order valence-corrected chi connectivity index (χ4v) is 3.30. The summed E-state index contributed by atoms with van der Waals surface area (Å²) in [6, 6.07) is 0. The van der Waals surface area contributed by atoms with Gasteiger partial charge in [0.2, 0.25) is 0 Å². The first-order valence-electron chi connectivity index (χ1n) is 7.85. The van der Waals surface area contributed by atoms with Gasteiger partial charge in [-0.15, -0.1) is 0 Å². The van der Waals surface area contributed by atoms with Gasteiger partial charge in [-0.25, -0.2) is 0 Å². The average Bonchev–Trinajstić information content (AvgIpc) is 2.82. The number of methoxy groups -OCH3 is 1. The Hall–Kier alpha value is -1.13. The summed E-state index contributed by atoms with van der Waals surface area (Å²) in [5.74, 6) is 0.963. The lowest BCUT2D eigenvalue weighted by Gasteiger charge is -2.33. The van der Waals surface area contributed by atoms with Crippen LogP contribution in [-0.4, -0.2) is 37.9 Å². The summed E-state index contributed by atoms with van der Waals surface area (Å²) in [7, 11) is 1.73. The second-order valence-electron chi connectivity index (χ2n) is 6.13. The summed E-state index contributed by atoms with van der Waals surface area (Å²) in [4.78, 5) is 4.67. The van der Waals surface area contributed by atoms with Crippen LogP contribution >= 0.6 is 0 Å². The highest BCUT2D eigenvalue weighted by Gasteiger charge is 2.41. The molecule has 0 aromatic carbocycles. The predicted molar refractivity (Wildman–Crippen MR) is 85.0 cm³/mol. The minimum absolute atomic E-state index is 0.133.